The zero-order valence-corrected chi connectivity index (χ0v) is 11.5. The van der Waals surface area contributed by atoms with Gasteiger partial charge in [-0.25, -0.2) is 4.79 Å². The van der Waals surface area contributed by atoms with E-state index in [4.69, 9.17) is 11.6 Å². The molecular formula is C14H17ClN2O2. The van der Waals surface area contributed by atoms with Gasteiger partial charge in [0.1, 0.15) is 0 Å². The first-order valence-electron chi connectivity index (χ1n) is 6.55. The Balaban J connectivity index is 1.69. The summed E-state index contributed by atoms with van der Waals surface area (Å²) >= 11 is 6.10. The largest absolute Gasteiger partial charge is 0.393 e. The number of rotatable bonds is 1. The van der Waals surface area contributed by atoms with Crippen molar-refractivity contribution in [1.29, 1.82) is 0 Å². The van der Waals surface area contributed by atoms with Crippen molar-refractivity contribution in [2.75, 3.05) is 18.4 Å². The summed E-state index contributed by atoms with van der Waals surface area (Å²) in [4.78, 5) is 14.0. The van der Waals surface area contributed by atoms with Crippen LogP contribution in [0.3, 0.4) is 0 Å². The Labute approximate surface area is 117 Å². The number of fused-ring (bicyclic) bond motifs is 1. The molecule has 2 amide bonds. The number of halogens is 1. The molecule has 0 radical (unpaired) electrons. The first kappa shape index (κ1) is 12.8. The number of aliphatic hydroxyl groups excluding tert-OH is 1. The van der Waals surface area contributed by atoms with Gasteiger partial charge in [0.2, 0.25) is 0 Å². The number of hydrogen-bond acceptors (Lipinski definition) is 2. The number of nitrogens with zero attached hydrogens (tertiary/aromatic N) is 1. The van der Waals surface area contributed by atoms with E-state index in [1.54, 1.807) is 11.0 Å². The van der Waals surface area contributed by atoms with Gasteiger partial charge < -0.3 is 15.3 Å². The fourth-order valence-electron chi connectivity index (χ4n) is 3.01. The topological polar surface area (TPSA) is 52.6 Å². The number of para-hydroxylation sites is 1. The van der Waals surface area contributed by atoms with E-state index in [1.165, 1.54) is 0 Å². The van der Waals surface area contributed by atoms with Gasteiger partial charge in [-0.15, -0.1) is 0 Å². The summed E-state index contributed by atoms with van der Waals surface area (Å²) in [7, 11) is 0. The number of likely N-dealkylation sites (tertiary alicyclic amines) is 1. The van der Waals surface area contributed by atoms with Crippen LogP contribution in [-0.4, -0.2) is 35.2 Å². The van der Waals surface area contributed by atoms with E-state index < -0.39 is 0 Å². The first-order valence-corrected chi connectivity index (χ1v) is 6.93. The molecule has 2 N–H and O–H groups in total. The van der Waals surface area contributed by atoms with Crippen LogP contribution >= 0.6 is 11.6 Å². The van der Waals surface area contributed by atoms with Crippen LogP contribution < -0.4 is 5.32 Å². The fraction of sp³-hybridized carbons (Fsp3) is 0.500. The molecule has 1 heterocycles. The highest BCUT2D eigenvalue weighted by atomic mass is 35.5. The van der Waals surface area contributed by atoms with Crippen molar-refractivity contribution in [3.05, 3.63) is 28.8 Å². The summed E-state index contributed by atoms with van der Waals surface area (Å²) in [6, 6.07) is 5.41. The zero-order chi connectivity index (χ0) is 13.6. The van der Waals surface area contributed by atoms with Gasteiger partial charge in [-0.3, -0.25) is 0 Å². The minimum Gasteiger partial charge on any atom is -0.393 e. The lowest BCUT2D eigenvalue weighted by atomic mass is 9.74. The van der Waals surface area contributed by atoms with Gasteiger partial charge in [0, 0.05) is 19.0 Å². The molecule has 0 unspecified atom stereocenters. The van der Waals surface area contributed by atoms with E-state index in [9.17, 15) is 9.90 Å². The van der Waals surface area contributed by atoms with Crippen molar-refractivity contribution in [2.45, 2.75) is 19.4 Å². The fourth-order valence-corrected chi connectivity index (χ4v) is 3.28. The van der Waals surface area contributed by atoms with Crippen LogP contribution in [0.5, 0.6) is 0 Å². The first-order chi connectivity index (χ1) is 9.06. The molecule has 102 valence electrons. The van der Waals surface area contributed by atoms with E-state index in [2.05, 4.69) is 5.32 Å². The van der Waals surface area contributed by atoms with Crippen LogP contribution in [0.2, 0.25) is 5.02 Å². The van der Waals surface area contributed by atoms with Gasteiger partial charge in [-0.05, 0) is 30.9 Å². The van der Waals surface area contributed by atoms with Crippen LogP contribution in [0.25, 0.3) is 0 Å². The Morgan fingerprint density at radius 2 is 2.26 bits per heavy atom. The molecule has 0 aromatic heterocycles. The van der Waals surface area contributed by atoms with Gasteiger partial charge >= 0.3 is 6.03 Å². The third kappa shape index (κ3) is 2.19. The van der Waals surface area contributed by atoms with E-state index in [0.717, 1.165) is 18.5 Å². The normalized spacial score (nSPS) is 28.8. The van der Waals surface area contributed by atoms with Crippen LogP contribution in [0.15, 0.2) is 18.2 Å². The van der Waals surface area contributed by atoms with E-state index in [0.29, 0.717) is 23.2 Å². The molecule has 2 fully saturated rings. The standard InChI is InChI=1S/C14H17ClN2O2/c1-8-3-2-4-11(15)13(8)16-14(19)17-6-9-5-12(18)10(9)7-17/h2-4,9-10,12,18H,5-7H2,1H3,(H,16,19)/t9-,10+,12+/m1/s1. The SMILES string of the molecule is Cc1cccc(Cl)c1NC(=O)N1C[C@H]2C[C@H](O)[C@H]2C1. The molecule has 4 nitrogen and oxygen atoms in total. The number of aliphatic hydroxyl groups is 1. The highest BCUT2D eigenvalue weighted by molar-refractivity contribution is 6.33. The Morgan fingerprint density at radius 3 is 2.89 bits per heavy atom. The highest BCUT2D eigenvalue weighted by Crippen LogP contribution is 2.41. The molecule has 1 aromatic rings. The van der Waals surface area contributed by atoms with Crippen molar-refractivity contribution in [2.24, 2.45) is 11.8 Å². The molecule has 1 aromatic carbocycles. The monoisotopic (exact) mass is 280 g/mol. The van der Waals surface area contributed by atoms with Crippen molar-refractivity contribution in [3.63, 3.8) is 0 Å². The molecule has 1 saturated heterocycles. The molecule has 19 heavy (non-hydrogen) atoms. The zero-order valence-electron chi connectivity index (χ0n) is 10.8. The Morgan fingerprint density at radius 1 is 1.47 bits per heavy atom. The van der Waals surface area contributed by atoms with Gasteiger partial charge in [0.05, 0.1) is 16.8 Å². The van der Waals surface area contributed by atoms with Crippen LogP contribution in [0.1, 0.15) is 12.0 Å². The summed E-state index contributed by atoms with van der Waals surface area (Å²) in [6.45, 7) is 3.29. The second-order valence-electron chi connectivity index (χ2n) is 5.49. The second kappa shape index (κ2) is 4.69. The molecule has 5 heteroatoms. The number of nitrogens with one attached hydrogen (secondary N) is 1. The smallest absolute Gasteiger partial charge is 0.321 e. The van der Waals surface area contributed by atoms with E-state index in [-0.39, 0.29) is 18.1 Å². The summed E-state index contributed by atoms with van der Waals surface area (Å²) in [6.07, 6.45) is 0.587. The lowest BCUT2D eigenvalue weighted by Crippen LogP contribution is -2.40. The summed E-state index contributed by atoms with van der Waals surface area (Å²) in [5.74, 6) is 0.728. The van der Waals surface area contributed by atoms with Crippen LogP contribution in [-0.2, 0) is 0 Å². The number of carbonyl (C=O) groups is 1. The molecule has 0 spiro atoms. The number of anilines is 1. The maximum atomic E-state index is 12.2. The number of benzene rings is 1. The molecule has 3 atom stereocenters. The van der Waals surface area contributed by atoms with E-state index in [1.807, 2.05) is 19.1 Å². The maximum Gasteiger partial charge on any atom is 0.321 e. The average molecular weight is 281 g/mol. The molecule has 2 aliphatic rings. The minimum absolute atomic E-state index is 0.127. The lowest BCUT2D eigenvalue weighted by molar-refractivity contribution is -0.00421. The third-order valence-electron chi connectivity index (χ3n) is 4.27. The van der Waals surface area contributed by atoms with Gasteiger partial charge in [-0.2, -0.15) is 0 Å². The van der Waals surface area contributed by atoms with Gasteiger partial charge in [-0.1, -0.05) is 23.7 Å². The van der Waals surface area contributed by atoms with Gasteiger partial charge in [0.25, 0.3) is 0 Å². The van der Waals surface area contributed by atoms with Crippen molar-refractivity contribution in [1.82, 2.24) is 4.90 Å². The number of amides is 2. The average Bonchev–Trinajstić information content (AvgIpc) is 2.71. The van der Waals surface area contributed by atoms with Crippen LogP contribution in [0, 0.1) is 18.8 Å². The summed E-state index contributed by atoms with van der Waals surface area (Å²) < 4.78 is 0. The quantitative estimate of drug-likeness (QED) is 0.830. The van der Waals surface area contributed by atoms with Crippen LogP contribution in [0.4, 0.5) is 10.5 Å². The minimum atomic E-state index is -0.232. The number of hydrogen-bond donors (Lipinski definition) is 2. The Kier molecular flexibility index (Phi) is 3.15. The maximum absolute atomic E-state index is 12.2. The lowest BCUT2D eigenvalue weighted by Gasteiger charge is -2.34. The molecule has 0 bridgehead atoms. The van der Waals surface area contributed by atoms with Gasteiger partial charge in [0.15, 0.2) is 0 Å². The predicted molar refractivity (Wildman–Crippen MR) is 74.4 cm³/mol. The Hall–Kier alpha value is -1.26. The molecular weight excluding hydrogens is 264 g/mol. The molecule has 1 aliphatic heterocycles. The van der Waals surface area contributed by atoms with Crippen molar-refractivity contribution >= 4 is 23.3 Å². The number of urea groups is 1. The number of aryl methyl sites for hydroxylation is 1. The number of carbonyl (C=O) groups excluding carboxylic acids is 1. The predicted octanol–water partition coefficient (Wildman–Crippen LogP) is 2.49. The highest BCUT2D eigenvalue weighted by Gasteiger charge is 2.47. The Bertz CT molecular complexity index is 500. The third-order valence-corrected chi connectivity index (χ3v) is 4.59. The molecule has 1 aliphatic carbocycles. The van der Waals surface area contributed by atoms with E-state index >= 15 is 0 Å². The molecule has 1 saturated carbocycles. The van der Waals surface area contributed by atoms with Crippen molar-refractivity contribution < 1.29 is 9.90 Å². The second-order valence-corrected chi connectivity index (χ2v) is 5.90. The molecule has 3 rings (SSSR count). The van der Waals surface area contributed by atoms with Crippen molar-refractivity contribution in [3.8, 4) is 0 Å². The summed E-state index contributed by atoms with van der Waals surface area (Å²) in [5.41, 5.74) is 1.62. The summed E-state index contributed by atoms with van der Waals surface area (Å²) in [5, 5.41) is 13.0.